The summed E-state index contributed by atoms with van der Waals surface area (Å²) in [5.74, 6) is -2.48. The second-order valence-corrected chi connectivity index (χ2v) is 3.93. The number of benzene rings is 1. The number of carbonyl (C=O) groups excluding carboxylic acids is 3. The summed E-state index contributed by atoms with van der Waals surface area (Å²) >= 11 is 0. The van der Waals surface area contributed by atoms with Crippen molar-refractivity contribution < 1.29 is 19.1 Å². The number of amides is 1. The number of Topliss-reactive ketones (excluding diaryl/α,β-unsaturated/α-hetero) is 2. The molecule has 94 valence electrons. The Labute approximate surface area is 104 Å². The second kappa shape index (κ2) is 5.55. The lowest BCUT2D eigenvalue weighted by atomic mass is 10.1. The van der Waals surface area contributed by atoms with Crippen molar-refractivity contribution in [3.05, 3.63) is 35.9 Å². The molecule has 1 fully saturated rings. The highest BCUT2D eigenvalue weighted by Gasteiger charge is 2.29. The molecular formula is C13H13NO4. The molecule has 1 aliphatic rings. The fourth-order valence-corrected chi connectivity index (χ4v) is 1.73. The maximum absolute atomic E-state index is 11.8. The molecule has 1 aromatic carbocycles. The molecule has 1 aromatic rings. The molecule has 1 heterocycles. The van der Waals surface area contributed by atoms with E-state index in [-0.39, 0.29) is 5.56 Å². The molecular weight excluding hydrogens is 234 g/mol. The van der Waals surface area contributed by atoms with E-state index in [0.717, 1.165) is 0 Å². The Morgan fingerprint density at radius 3 is 2.22 bits per heavy atom. The monoisotopic (exact) mass is 247 g/mol. The van der Waals surface area contributed by atoms with Crippen molar-refractivity contribution in [3.8, 4) is 0 Å². The number of rotatable bonds is 3. The summed E-state index contributed by atoms with van der Waals surface area (Å²) in [5.41, 5.74) is 0.240. The molecule has 0 bridgehead atoms. The smallest absolute Gasteiger partial charge is 0.298 e. The predicted octanol–water partition coefficient (Wildman–Crippen LogP) is 0.297. The van der Waals surface area contributed by atoms with Crippen molar-refractivity contribution >= 4 is 17.5 Å². The summed E-state index contributed by atoms with van der Waals surface area (Å²) in [4.78, 5) is 36.7. The molecule has 0 N–H and O–H groups in total. The lowest BCUT2D eigenvalue weighted by Crippen LogP contribution is -2.46. The number of morpholine rings is 1. The molecule has 1 amide bonds. The Balaban J connectivity index is 2.07. The van der Waals surface area contributed by atoms with Gasteiger partial charge in [0.25, 0.3) is 11.7 Å². The maximum atomic E-state index is 11.8. The van der Waals surface area contributed by atoms with Gasteiger partial charge in [0, 0.05) is 18.7 Å². The Hall–Kier alpha value is -2.01. The SMILES string of the molecule is O=C(C(=O)c1ccccc1)C(=O)N1CCOCC1. The van der Waals surface area contributed by atoms with Crippen LogP contribution in [-0.2, 0) is 14.3 Å². The highest BCUT2D eigenvalue weighted by molar-refractivity contribution is 6.66. The van der Waals surface area contributed by atoms with Crippen molar-refractivity contribution in [1.82, 2.24) is 4.90 Å². The van der Waals surface area contributed by atoms with E-state index in [0.29, 0.717) is 26.3 Å². The summed E-state index contributed by atoms with van der Waals surface area (Å²) in [6.45, 7) is 1.51. The topological polar surface area (TPSA) is 63.7 Å². The van der Waals surface area contributed by atoms with Gasteiger partial charge in [-0.3, -0.25) is 14.4 Å². The zero-order valence-corrected chi connectivity index (χ0v) is 9.80. The Morgan fingerprint density at radius 2 is 1.61 bits per heavy atom. The maximum Gasteiger partial charge on any atom is 0.298 e. The van der Waals surface area contributed by atoms with E-state index in [9.17, 15) is 14.4 Å². The van der Waals surface area contributed by atoms with Crippen LogP contribution in [0.2, 0.25) is 0 Å². The summed E-state index contributed by atoms with van der Waals surface area (Å²) in [6.07, 6.45) is 0. The molecule has 0 radical (unpaired) electrons. The molecule has 0 atom stereocenters. The van der Waals surface area contributed by atoms with E-state index in [4.69, 9.17) is 4.74 Å². The first kappa shape index (κ1) is 12.4. The van der Waals surface area contributed by atoms with Gasteiger partial charge in [-0.15, -0.1) is 0 Å². The summed E-state index contributed by atoms with van der Waals surface area (Å²) in [7, 11) is 0. The first-order valence-corrected chi connectivity index (χ1v) is 5.71. The molecule has 0 spiro atoms. The van der Waals surface area contributed by atoms with Crippen LogP contribution in [0.25, 0.3) is 0 Å². The van der Waals surface area contributed by atoms with Crippen LogP contribution in [0.4, 0.5) is 0 Å². The summed E-state index contributed by atoms with van der Waals surface area (Å²) < 4.78 is 5.08. The molecule has 1 aliphatic heterocycles. The zero-order chi connectivity index (χ0) is 13.0. The largest absolute Gasteiger partial charge is 0.378 e. The molecule has 2 rings (SSSR count). The van der Waals surface area contributed by atoms with Gasteiger partial charge in [0.15, 0.2) is 0 Å². The average molecular weight is 247 g/mol. The first-order valence-electron chi connectivity index (χ1n) is 5.71. The van der Waals surface area contributed by atoms with E-state index < -0.39 is 17.5 Å². The third-order valence-electron chi connectivity index (χ3n) is 2.73. The normalized spacial score (nSPS) is 15.2. The number of hydrogen-bond donors (Lipinski definition) is 0. The summed E-state index contributed by atoms with van der Waals surface area (Å²) in [5, 5.41) is 0. The van der Waals surface area contributed by atoms with Gasteiger partial charge in [-0.25, -0.2) is 0 Å². The van der Waals surface area contributed by atoms with E-state index in [1.165, 1.54) is 17.0 Å². The molecule has 0 aromatic heterocycles. The van der Waals surface area contributed by atoms with Crippen molar-refractivity contribution in [1.29, 1.82) is 0 Å². The molecule has 1 saturated heterocycles. The highest BCUT2D eigenvalue weighted by Crippen LogP contribution is 2.04. The van der Waals surface area contributed by atoms with Gasteiger partial charge in [-0.2, -0.15) is 0 Å². The van der Waals surface area contributed by atoms with Crippen LogP contribution in [0.5, 0.6) is 0 Å². The molecule has 5 nitrogen and oxygen atoms in total. The van der Waals surface area contributed by atoms with Gasteiger partial charge >= 0.3 is 0 Å². The van der Waals surface area contributed by atoms with Gasteiger partial charge in [0.05, 0.1) is 13.2 Å². The van der Waals surface area contributed by atoms with Crippen LogP contribution in [0.1, 0.15) is 10.4 Å². The molecule has 18 heavy (non-hydrogen) atoms. The van der Waals surface area contributed by atoms with E-state index in [1.807, 2.05) is 0 Å². The third kappa shape index (κ3) is 2.62. The Kier molecular flexibility index (Phi) is 3.84. The van der Waals surface area contributed by atoms with Crippen LogP contribution >= 0.6 is 0 Å². The van der Waals surface area contributed by atoms with Crippen molar-refractivity contribution in [2.24, 2.45) is 0 Å². The highest BCUT2D eigenvalue weighted by atomic mass is 16.5. The van der Waals surface area contributed by atoms with Gasteiger partial charge in [0.1, 0.15) is 0 Å². The average Bonchev–Trinajstić information content (AvgIpc) is 2.47. The van der Waals surface area contributed by atoms with Crippen molar-refractivity contribution in [2.75, 3.05) is 26.3 Å². The van der Waals surface area contributed by atoms with E-state index in [1.54, 1.807) is 18.2 Å². The van der Waals surface area contributed by atoms with E-state index >= 15 is 0 Å². The van der Waals surface area contributed by atoms with Crippen molar-refractivity contribution in [3.63, 3.8) is 0 Å². The zero-order valence-electron chi connectivity index (χ0n) is 9.80. The fraction of sp³-hybridized carbons (Fsp3) is 0.308. The van der Waals surface area contributed by atoms with Gasteiger partial charge in [-0.05, 0) is 0 Å². The number of ketones is 2. The second-order valence-electron chi connectivity index (χ2n) is 3.93. The fourth-order valence-electron chi connectivity index (χ4n) is 1.73. The van der Waals surface area contributed by atoms with Crippen LogP contribution in [0.15, 0.2) is 30.3 Å². The van der Waals surface area contributed by atoms with Crippen LogP contribution in [-0.4, -0.2) is 48.7 Å². The van der Waals surface area contributed by atoms with Gasteiger partial charge in [-0.1, -0.05) is 30.3 Å². The summed E-state index contributed by atoms with van der Waals surface area (Å²) in [6, 6.07) is 8.09. The van der Waals surface area contributed by atoms with Crippen LogP contribution in [0.3, 0.4) is 0 Å². The van der Waals surface area contributed by atoms with Crippen LogP contribution in [0, 0.1) is 0 Å². The minimum atomic E-state index is -0.983. The predicted molar refractivity (Wildman–Crippen MR) is 63.2 cm³/mol. The minimum Gasteiger partial charge on any atom is -0.378 e. The molecule has 0 saturated carbocycles. The standard InChI is InChI=1S/C13H13NO4/c15-11(10-4-2-1-3-5-10)12(16)13(17)14-6-8-18-9-7-14/h1-5H,6-9H2. The van der Waals surface area contributed by atoms with Crippen molar-refractivity contribution in [2.45, 2.75) is 0 Å². The lowest BCUT2D eigenvalue weighted by molar-refractivity contribution is -0.145. The van der Waals surface area contributed by atoms with Gasteiger partial charge < -0.3 is 9.64 Å². The van der Waals surface area contributed by atoms with E-state index in [2.05, 4.69) is 0 Å². The third-order valence-corrected chi connectivity index (χ3v) is 2.73. The molecule has 0 unspecified atom stereocenters. The van der Waals surface area contributed by atoms with Crippen LogP contribution < -0.4 is 0 Å². The Bertz CT molecular complexity index is 463. The van der Waals surface area contributed by atoms with Gasteiger partial charge in [0.2, 0.25) is 5.78 Å². The number of nitrogens with zero attached hydrogens (tertiary/aromatic N) is 1. The first-order chi connectivity index (χ1) is 8.70. The molecule has 5 heteroatoms. The number of ether oxygens (including phenoxy) is 1. The minimum absolute atomic E-state index is 0.240. The lowest BCUT2D eigenvalue weighted by Gasteiger charge is -2.25. The number of carbonyl (C=O) groups is 3. The quantitative estimate of drug-likeness (QED) is 0.438. The Morgan fingerprint density at radius 1 is 1.00 bits per heavy atom. The molecule has 0 aliphatic carbocycles. The number of hydrogen-bond acceptors (Lipinski definition) is 4.